The summed E-state index contributed by atoms with van der Waals surface area (Å²) in [6, 6.07) is 0. The van der Waals surface area contributed by atoms with Crippen molar-refractivity contribution in [2.45, 2.75) is 21.9 Å². The van der Waals surface area contributed by atoms with Crippen molar-refractivity contribution >= 4 is 20.4 Å². The molecule has 5 heavy (non-hydrogen) atoms. The fourth-order valence-corrected chi connectivity index (χ4v) is 2.65. The van der Waals surface area contributed by atoms with Gasteiger partial charge in [0, 0.05) is 0 Å². The second-order valence-corrected chi connectivity index (χ2v) is 3.89. The molecule has 26 valence electrons. The Morgan fingerprint density at radius 1 is 1.00 bits per heavy atom. The largest absolute Gasteiger partial charge is 0.364 e. The van der Waals surface area contributed by atoms with E-state index in [0.717, 1.165) is 0 Å². The lowest BCUT2D eigenvalue weighted by atomic mass is 10.4. The van der Waals surface area contributed by atoms with Crippen LogP contribution in [0, 0.1) is 0 Å². The third-order valence-corrected chi connectivity index (χ3v) is 3.25. The summed E-state index contributed by atoms with van der Waals surface area (Å²) in [5.41, 5.74) is 0. The van der Waals surface area contributed by atoms with Crippen molar-refractivity contribution in [3.63, 3.8) is 0 Å². The molecule has 0 aliphatic carbocycles. The smallest absolute Gasteiger partial charge is 0.146 e. The summed E-state index contributed by atoms with van der Waals surface area (Å²) in [5.74, 6) is 0. The van der Waals surface area contributed by atoms with Crippen LogP contribution in [-0.2, 0) is 0 Å². The molecule has 0 radical (unpaired) electrons. The normalized spacial score (nSPS) is 20.8. The molecule has 1 heterocycles. The molecule has 0 bridgehead atoms. The van der Waals surface area contributed by atoms with Gasteiger partial charge in [0.15, 0.2) is 0 Å². The highest BCUT2D eigenvalue weighted by molar-refractivity contribution is 6.36. The van der Waals surface area contributed by atoms with Crippen LogP contribution in [0.4, 0.5) is 0 Å². The Balaban J connectivity index is 2.08. The SMILES string of the molecule is C1C[CH2][Mg][CH2]1. The predicted molar refractivity (Wildman–Crippen MR) is 24.6 cm³/mol. The lowest BCUT2D eigenvalue weighted by Gasteiger charge is -1.71. The van der Waals surface area contributed by atoms with E-state index in [4.69, 9.17) is 0 Å². The van der Waals surface area contributed by atoms with E-state index in [9.17, 15) is 0 Å². The van der Waals surface area contributed by atoms with Crippen LogP contribution in [0.25, 0.3) is 0 Å². The topological polar surface area (TPSA) is 0 Å². The lowest BCUT2D eigenvalue weighted by Crippen LogP contribution is -1.68. The maximum Gasteiger partial charge on any atom is 0.364 e. The molecule has 1 rings (SSSR count). The summed E-state index contributed by atoms with van der Waals surface area (Å²) in [6.45, 7) is 0. The van der Waals surface area contributed by atoms with Gasteiger partial charge >= 0.3 is 20.4 Å². The predicted octanol–water partition coefficient (Wildman–Crippen LogP) is 1.32. The van der Waals surface area contributed by atoms with Gasteiger partial charge in [-0.1, -0.05) is 12.8 Å². The minimum Gasteiger partial charge on any atom is -0.146 e. The Kier molecular flexibility index (Phi) is 1.60. The molecule has 0 amide bonds. The van der Waals surface area contributed by atoms with Crippen molar-refractivity contribution < 1.29 is 0 Å². The van der Waals surface area contributed by atoms with E-state index in [1.165, 1.54) is 0 Å². The van der Waals surface area contributed by atoms with Gasteiger partial charge < -0.3 is 0 Å². The van der Waals surface area contributed by atoms with Crippen LogP contribution in [-0.4, -0.2) is 20.4 Å². The Morgan fingerprint density at radius 3 is 1.80 bits per heavy atom. The fraction of sp³-hybridized carbons (Fsp3) is 1.00. The zero-order chi connectivity index (χ0) is 3.54. The van der Waals surface area contributed by atoms with Gasteiger partial charge in [0.2, 0.25) is 0 Å². The van der Waals surface area contributed by atoms with Gasteiger partial charge in [-0.25, -0.2) is 0 Å². The van der Waals surface area contributed by atoms with Gasteiger partial charge in [0.25, 0.3) is 0 Å². The van der Waals surface area contributed by atoms with Gasteiger partial charge in [0.05, 0.1) is 0 Å². The van der Waals surface area contributed by atoms with Gasteiger partial charge in [-0.05, 0) is 0 Å². The average Bonchev–Trinajstić information content (AvgIpc) is 1.76. The molecule has 0 unspecified atom stereocenters. The molecule has 0 aromatic carbocycles. The molecular formula is C4H8Mg. The van der Waals surface area contributed by atoms with E-state index in [1.807, 2.05) is 0 Å². The Bertz CT molecular complexity index is 15.2. The molecule has 1 fully saturated rings. The summed E-state index contributed by atoms with van der Waals surface area (Å²) in [7, 11) is 0. The minimum atomic E-state index is 0.543. The van der Waals surface area contributed by atoms with Crippen LogP contribution in [0.1, 0.15) is 12.8 Å². The third kappa shape index (κ3) is 1.10. The van der Waals surface area contributed by atoms with Crippen LogP contribution in [0.3, 0.4) is 0 Å². The molecule has 1 saturated heterocycles. The van der Waals surface area contributed by atoms with Crippen LogP contribution in [0.15, 0.2) is 0 Å². The van der Waals surface area contributed by atoms with Crippen LogP contribution in [0.5, 0.6) is 0 Å². The lowest BCUT2D eigenvalue weighted by molar-refractivity contribution is 0.935. The Morgan fingerprint density at radius 2 is 1.60 bits per heavy atom. The van der Waals surface area contributed by atoms with Crippen LogP contribution in [0.2, 0.25) is 9.10 Å². The minimum absolute atomic E-state index is 0.543. The van der Waals surface area contributed by atoms with E-state index in [2.05, 4.69) is 0 Å². The Hall–Kier alpha value is 0.766. The molecule has 0 N–H and O–H groups in total. The van der Waals surface area contributed by atoms with E-state index in [1.54, 1.807) is 21.9 Å². The van der Waals surface area contributed by atoms with E-state index in [-0.39, 0.29) is 0 Å². The average molecular weight is 80.4 g/mol. The molecule has 0 aromatic rings. The second kappa shape index (κ2) is 2.03. The number of rotatable bonds is 0. The number of hydrogen-bond acceptors (Lipinski definition) is 0. The van der Waals surface area contributed by atoms with Gasteiger partial charge in [-0.2, -0.15) is 0 Å². The van der Waals surface area contributed by atoms with E-state index in [0.29, 0.717) is 20.4 Å². The molecule has 0 aromatic heterocycles. The first kappa shape index (κ1) is 3.94. The monoisotopic (exact) mass is 80.0 g/mol. The molecule has 1 aliphatic heterocycles. The summed E-state index contributed by atoms with van der Waals surface area (Å²) in [5, 5.41) is 0. The summed E-state index contributed by atoms with van der Waals surface area (Å²) in [6.07, 6.45) is 3.12. The Labute approximate surface area is 42.7 Å². The highest BCUT2D eigenvalue weighted by Gasteiger charge is 2.00. The zero-order valence-electron chi connectivity index (χ0n) is 3.54. The molecule has 0 atom stereocenters. The van der Waals surface area contributed by atoms with Crippen molar-refractivity contribution in [1.29, 1.82) is 0 Å². The van der Waals surface area contributed by atoms with E-state index < -0.39 is 0 Å². The third-order valence-electron chi connectivity index (χ3n) is 1.25. The summed E-state index contributed by atoms with van der Waals surface area (Å²) in [4.78, 5) is 0. The molecule has 0 spiro atoms. The molecular weight excluding hydrogens is 72.3 g/mol. The quantitative estimate of drug-likeness (QED) is 0.385. The summed E-state index contributed by atoms with van der Waals surface area (Å²) < 4.78 is 3.28. The van der Waals surface area contributed by atoms with Crippen molar-refractivity contribution in [3.8, 4) is 0 Å². The first-order valence-corrected chi connectivity index (χ1v) is 4.50. The van der Waals surface area contributed by atoms with Crippen molar-refractivity contribution in [1.82, 2.24) is 0 Å². The fourth-order valence-electron chi connectivity index (χ4n) is 0.884. The van der Waals surface area contributed by atoms with Crippen molar-refractivity contribution in [2.24, 2.45) is 0 Å². The molecule has 1 heteroatoms. The highest BCUT2D eigenvalue weighted by atomic mass is 24.5. The number of hydrogen-bond donors (Lipinski definition) is 0. The molecule has 1 aliphatic rings. The van der Waals surface area contributed by atoms with Crippen molar-refractivity contribution in [3.05, 3.63) is 0 Å². The van der Waals surface area contributed by atoms with Crippen LogP contribution < -0.4 is 0 Å². The maximum absolute atomic E-state index is 1.64. The van der Waals surface area contributed by atoms with Gasteiger partial charge in [-0.15, -0.1) is 9.10 Å². The van der Waals surface area contributed by atoms with Gasteiger partial charge in [0.1, 0.15) is 0 Å². The highest BCUT2D eigenvalue weighted by Crippen LogP contribution is 2.09. The zero-order valence-corrected chi connectivity index (χ0v) is 4.95. The first-order valence-electron chi connectivity index (χ1n) is 2.50. The maximum atomic E-state index is 1.64. The second-order valence-electron chi connectivity index (χ2n) is 1.77. The molecule has 0 saturated carbocycles. The molecule has 0 nitrogen and oxygen atoms in total. The first-order chi connectivity index (χ1) is 2.50. The van der Waals surface area contributed by atoms with Crippen molar-refractivity contribution in [2.75, 3.05) is 0 Å². The van der Waals surface area contributed by atoms with E-state index >= 15 is 0 Å². The standard InChI is InChI=1S/C4H8.Mg/c1-3-4-2;/h1-4H2;. The van der Waals surface area contributed by atoms with Gasteiger partial charge in [-0.3, -0.25) is 0 Å². The summed E-state index contributed by atoms with van der Waals surface area (Å²) >= 11 is 0.543. The van der Waals surface area contributed by atoms with Crippen LogP contribution >= 0.6 is 0 Å².